The summed E-state index contributed by atoms with van der Waals surface area (Å²) >= 11 is 0. The van der Waals surface area contributed by atoms with Gasteiger partial charge in [0, 0.05) is 75.4 Å². The summed E-state index contributed by atoms with van der Waals surface area (Å²) in [5, 5.41) is 0. The van der Waals surface area contributed by atoms with Crippen LogP contribution < -0.4 is 0 Å². The fraction of sp³-hybridized carbons (Fsp3) is 0. The fourth-order valence-electron chi connectivity index (χ4n) is 0. The molecule has 0 aliphatic heterocycles. The van der Waals surface area contributed by atoms with Gasteiger partial charge in [-0.05, 0) is 0 Å². The van der Waals surface area contributed by atoms with E-state index in [4.69, 9.17) is 0 Å². The maximum atomic E-state index is 0. The normalized spacial score (nSPS) is 0. The molecule has 0 nitrogen and oxygen atoms in total. The van der Waals surface area contributed by atoms with E-state index in [0.29, 0.717) is 0 Å². The monoisotopic (exact) mass is 93.9 g/mol. The Kier molecular flexibility index (Phi) is 155. The summed E-state index contributed by atoms with van der Waals surface area (Å²) in [6.45, 7) is 0. The van der Waals surface area contributed by atoms with E-state index in [0.717, 1.165) is 0 Å². The standard InChI is InChI=1S/Li.Na.2S. The first-order valence-corrected chi connectivity index (χ1v) is 0. The van der Waals surface area contributed by atoms with Gasteiger partial charge >= 0.3 is 0 Å². The van der Waals surface area contributed by atoms with Crippen LogP contribution in [0.5, 0.6) is 0 Å². The SMILES string of the molecule is [Li].[Na].[S].[S]. The molecule has 0 aromatic heterocycles. The van der Waals surface area contributed by atoms with E-state index in [1.54, 1.807) is 0 Å². The van der Waals surface area contributed by atoms with Gasteiger partial charge in [0.25, 0.3) is 0 Å². The fourth-order valence-corrected chi connectivity index (χ4v) is 0. The minimum absolute atomic E-state index is 0. The minimum atomic E-state index is 0. The maximum Gasteiger partial charge on any atom is 0 e. The van der Waals surface area contributed by atoms with Crippen LogP contribution >= 0.6 is 27.0 Å². The van der Waals surface area contributed by atoms with Gasteiger partial charge in [0.15, 0.2) is 0 Å². The zero-order chi connectivity index (χ0) is 0. The van der Waals surface area contributed by atoms with E-state index < -0.39 is 0 Å². The molecule has 0 aliphatic rings. The Hall–Kier alpha value is 2.30. The van der Waals surface area contributed by atoms with Gasteiger partial charge in [0.05, 0.1) is 0 Å². The van der Waals surface area contributed by atoms with E-state index in [1.165, 1.54) is 0 Å². The second kappa shape index (κ2) is 18.5. The average Bonchev–Trinajstić information content (AvgIpc) is 0. The van der Waals surface area contributed by atoms with Crippen LogP contribution in [0.25, 0.3) is 0 Å². The van der Waals surface area contributed by atoms with Gasteiger partial charge in [-0.15, -0.1) is 0 Å². The molecule has 0 saturated heterocycles. The third-order valence-electron chi connectivity index (χ3n) is 0. The van der Waals surface area contributed by atoms with Crippen molar-refractivity contribution >= 4 is 75.4 Å². The molecule has 0 heterocycles. The first kappa shape index (κ1) is 33.5. The second-order valence-corrected chi connectivity index (χ2v) is 0. The molecule has 6 radical (unpaired) electrons. The predicted molar refractivity (Wildman–Crippen MR) is 26.7 cm³/mol. The van der Waals surface area contributed by atoms with E-state index in [-0.39, 0.29) is 75.4 Å². The van der Waals surface area contributed by atoms with Crippen molar-refractivity contribution in [3.63, 3.8) is 0 Å². The van der Waals surface area contributed by atoms with Crippen LogP contribution in [0.3, 0.4) is 0 Å². The predicted octanol–water partition coefficient (Wildman–Crippen LogP) is 0.535. The Balaban J connectivity index is 0. The molecule has 0 bridgehead atoms. The average molecular weight is 94.1 g/mol. The smallest absolute Gasteiger partial charge is 0 e. The summed E-state index contributed by atoms with van der Waals surface area (Å²) in [6, 6.07) is 0. The summed E-state index contributed by atoms with van der Waals surface area (Å²) < 4.78 is 0. The van der Waals surface area contributed by atoms with Gasteiger partial charge in [-0.1, -0.05) is 0 Å². The summed E-state index contributed by atoms with van der Waals surface area (Å²) in [5.74, 6) is 0. The van der Waals surface area contributed by atoms with Gasteiger partial charge in [-0.25, -0.2) is 0 Å². The molecule has 0 atom stereocenters. The molecule has 0 amide bonds. The summed E-state index contributed by atoms with van der Waals surface area (Å²) in [7, 11) is 0. The molecule has 0 aliphatic carbocycles. The summed E-state index contributed by atoms with van der Waals surface area (Å²) in [5.41, 5.74) is 0. The maximum absolute atomic E-state index is 0. The van der Waals surface area contributed by atoms with Crippen molar-refractivity contribution in [2.75, 3.05) is 0 Å². The topological polar surface area (TPSA) is 0 Å². The van der Waals surface area contributed by atoms with Crippen LogP contribution in [0.15, 0.2) is 0 Å². The molecule has 14 valence electrons. The Bertz CT molecular complexity index is 6.00. The van der Waals surface area contributed by atoms with Crippen molar-refractivity contribution in [1.29, 1.82) is 0 Å². The first-order valence-electron chi connectivity index (χ1n) is 0. The molecule has 0 spiro atoms. The molecule has 0 saturated carbocycles. The molecule has 0 rings (SSSR count). The Labute approximate surface area is 74.5 Å². The van der Waals surface area contributed by atoms with Crippen LogP contribution in [0.4, 0.5) is 0 Å². The van der Waals surface area contributed by atoms with Gasteiger partial charge in [0.1, 0.15) is 0 Å². The van der Waals surface area contributed by atoms with E-state index in [2.05, 4.69) is 0 Å². The zero-order valence-electron chi connectivity index (χ0n) is 2.82. The molecule has 0 aromatic carbocycles. The van der Waals surface area contributed by atoms with E-state index >= 15 is 0 Å². The second-order valence-electron chi connectivity index (χ2n) is 0. The zero-order valence-corrected chi connectivity index (χ0v) is 6.45. The van der Waals surface area contributed by atoms with Crippen LogP contribution in [-0.4, -0.2) is 48.4 Å². The molecule has 0 unspecified atom stereocenters. The Morgan fingerprint density at radius 2 is 0.750 bits per heavy atom. The Morgan fingerprint density at radius 1 is 0.750 bits per heavy atom. The van der Waals surface area contributed by atoms with Crippen molar-refractivity contribution in [3.05, 3.63) is 0 Å². The van der Waals surface area contributed by atoms with Crippen molar-refractivity contribution < 1.29 is 0 Å². The van der Waals surface area contributed by atoms with Crippen molar-refractivity contribution in [2.45, 2.75) is 0 Å². The minimum Gasteiger partial charge on any atom is 0 e. The van der Waals surface area contributed by atoms with Crippen LogP contribution in [-0.2, 0) is 0 Å². The quantitative estimate of drug-likeness (QED) is 0.384. The number of hydrogen-bond donors (Lipinski definition) is 0. The van der Waals surface area contributed by atoms with Crippen molar-refractivity contribution in [2.24, 2.45) is 0 Å². The molecule has 0 N–H and O–H groups in total. The summed E-state index contributed by atoms with van der Waals surface area (Å²) in [4.78, 5) is 0. The van der Waals surface area contributed by atoms with Gasteiger partial charge in [-0.3, -0.25) is 0 Å². The van der Waals surface area contributed by atoms with Crippen LogP contribution in [0.1, 0.15) is 0 Å². The third kappa shape index (κ3) is 8.85. The van der Waals surface area contributed by atoms with E-state index in [1.807, 2.05) is 0 Å². The van der Waals surface area contributed by atoms with Crippen LogP contribution in [0, 0.1) is 0 Å². The van der Waals surface area contributed by atoms with Gasteiger partial charge < -0.3 is 0 Å². The first-order chi connectivity index (χ1) is 0. The van der Waals surface area contributed by atoms with Crippen molar-refractivity contribution in [3.8, 4) is 0 Å². The molecule has 0 fully saturated rings. The van der Waals surface area contributed by atoms with Gasteiger partial charge in [0.2, 0.25) is 0 Å². The molecular formula is LiNaS2. The molecular weight excluding hydrogens is 94.1 g/mol. The molecule has 0 aromatic rings. The largest absolute Gasteiger partial charge is 0 e. The molecule has 4 heteroatoms. The van der Waals surface area contributed by atoms with Crippen LogP contribution in [0.2, 0.25) is 0 Å². The number of rotatable bonds is 0. The van der Waals surface area contributed by atoms with Crippen molar-refractivity contribution in [1.82, 2.24) is 0 Å². The molecule has 4 heavy (non-hydrogen) atoms. The number of hydrogen-bond acceptors (Lipinski definition) is 0. The summed E-state index contributed by atoms with van der Waals surface area (Å²) in [6.07, 6.45) is 0. The third-order valence-corrected chi connectivity index (χ3v) is 0. The Morgan fingerprint density at radius 3 is 0.750 bits per heavy atom. The van der Waals surface area contributed by atoms with E-state index in [9.17, 15) is 0 Å². The van der Waals surface area contributed by atoms with Gasteiger partial charge in [-0.2, -0.15) is 0 Å².